The van der Waals surface area contributed by atoms with Crippen molar-refractivity contribution in [2.24, 2.45) is 0 Å². The molecule has 0 aliphatic carbocycles. The summed E-state index contributed by atoms with van der Waals surface area (Å²) in [5.74, 6) is -0.144. The number of halogens is 1. The van der Waals surface area contributed by atoms with Crippen molar-refractivity contribution in [1.29, 1.82) is 10.5 Å². The van der Waals surface area contributed by atoms with Crippen LogP contribution in [0.2, 0.25) is 0 Å². The number of amides is 1. The van der Waals surface area contributed by atoms with Gasteiger partial charge in [0.15, 0.2) is 0 Å². The van der Waals surface area contributed by atoms with E-state index in [1.165, 1.54) is 0 Å². The SMILES string of the molecule is Cc1cc(Br)cc(C(=O)N(CCC#N)CCC#N)c1. The third-order valence-electron chi connectivity index (χ3n) is 2.56. The second-order valence-corrected chi connectivity index (χ2v) is 5.04. The van der Waals surface area contributed by atoms with Crippen LogP contribution in [0.5, 0.6) is 0 Å². The zero-order chi connectivity index (χ0) is 14.3. The van der Waals surface area contributed by atoms with Crippen molar-refractivity contribution in [3.63, 3.8) is 0 Å². The normalized spacial score (nSPS) is 9.47. The first-order chi connectivity index (χ1) is 9.08. The number of hydrogen-bond donors (Lipinski definition) is 0. The van der Waals surface area contributed by atoms with Gasteiger partial charge in [0, 0.05) is 23.1 Å². The molecule has 0 bridgehead atoms. The number of nitrogens with zero attached hydrogens (tertiary/aromatic N) is 3. The zero-order valence-electron chi connectivity index (χ0n) is 10.7. The Morgan fingerprint density at radius 2 is 1.79 bits per heavy atom. The molecular formula is C14H14BrN3O. The van der Waals surface area contributed by atoms with Crippen LogP contribution in [0.1, 0.15) is 28.8 Å². The second kappa shape index (κ2) is 7.56. The fourth-order valence-electron chi connectivity index (χ4n) is 1.73. The maximum absolute atomic E-state index is 12.3. The van der Waals surface area contributed by atoms with Crippen LogP contribution >= 0.6 is 15.9 Å². The molecule has 0 N–H and O–H groups in total. The molecule has 98 valence electrons. The summed E-state index contributed by atoms with van der Waals surface area (Å²) in [5, 5.41) is 17.2. The van der Waals surface area contributed by atoms with Crippen LogP contribution in [0.25, 0.3) is 0 Å². The van der Waals surface area contributed by atoms with Gasteiger partial charge in [-0.2, -0.15) is 10.5 Å². The third-order valence-corrected chi connectivity index (χ3v) is 3.02. The highest BCUT2D eigenvalue weighted by atomic mass is 79.9. The molecule has 1 aromatic carbocycles. The van der Waals surface area contributed by atoms with E-state index in [2.05, 4.69) is 15.9 Å². The molecular weight excluding hydrogens is 306 g/mol. The summed E-state index contributed by atoms with van der Waals surface area (Å²) in [6.45, 7) is 2.61. The lowest BCUT2D eigenvalue weighted by molar-refractivity contribution is 0.0762. The van der Waals surface area contributed by atoms with Crippen molar-refractivity contribution in [1.82, 2.24) is 4.90 Å². The van der Waals surface area contributed by atoms with E-state index < -0.39 is 0 Å². The molecule has 19 heavy (non-hydrogen) atoms. The van der Waals surface area contributed by atoms with Gasteiger partial charge in [0.2, 0.25) is 0 Å². The van der Waals surface area contributed by atoms with E-state index in [1.807, 2.05) is 25.1 Å². The Morgan fingerprint density at radius 1 is 1.21 bits per heavy atom. The molecule has 0 saturated heterocycles. The number of rotatable bonds is 5. The van der Waals surface area contributed by atoms with Gasteiger partial charge in [0.25, 0.3) is 5.91 Å². The first kappa shape index (κ1) is 15.2. The van der Waals surface area contributed by atoms with E-state index in [0.717, 1.165) is 10.0 Å². The summed E-state index contributed by atoms with van der Waals surface area (Å²) in [5.41, 5.74) is 1.56. The number of nitriles is 2. The molecule has 0 atom stereocenters. The van der Waals surface area contributed by atoms with E-state index >= 15 is 0 Å². The molecule has 1 aromatic rings. The van der Waals surface area contributed by atoms with Gasteiger partial charge in [-0.05, 0) is 30.7 Å². The van der Waals surface area contributed by atoms with Gasteiger partial charge in [0.05, 0.1) is 25.0 Å². The summed E-state index contributed by atoms with van der Waals surface area (Å²) in [6.07, 6.45) is 0.536. The maximum atomic E-state index is 12.3. The smallest absolute Gasteiger partial charge is 0.253 e. The molecule has 0 unspecified atom stereocenters. The van der Waals surface area contributed by atoms with Gasteiger partial charge in [-0.15, -0.1) is 0 Å². The van der Waals surface area contributed by atoms with Crippen molar-refractivity contribution in [3.8, 4) is 12.1 Å². The van der Waals surface area contributed by atoms with Crippen molar-refractivity contribution in [2.75, 3.05) is 13.1 Å². The molecule has 0 saturated carbocycles. The molecule has 0 fully saturated rings. The van der Waals surface area contributed by atoms with Crippen LogP contribution < -0.4 is 0 Å². The minimum absolute atomic E-state index is 0.144. The molecule has 1 amide bonds. The van der Waals surface area contributed by atoms with Crippen molar-refractivity contribution < 1.29 is 4.79 Å². The average Bonchev–Trinajstić information content (AvgIpc) is 2.37. The summed E-state index contributed by atoms with van der Waals surface area (Å²) in [6, 6.07) is 9.51. The minimum atomic E-state index is -0.144. The van der Waals surface area contributed by atoms with E-state index in [0.29, 0.717) is 18.7 Å². The Morgan fingerprint density at radius 3 is 2.26 bits per heavy atom. The third kappa shape index (κ3) is 4.73. The number of carbonyl (C=O) groups excluding carboxylic acids is 1. The predicted octanol–water partition coefficient (Wildman–Crippen LogP) is 3.03. The van der Waals surface area contributed by atoms with Crippen molar-refractivity contribution in [3.05, 3.63) is 33.8 Å². The molecule has 1 rings (SSSR count). The van der Waals surface area contributed by atoms with Crippen LogP contribution in [-0.2, 0) is 0 Å². The molecule has 0 aliphatic heterocycles. The lowest BCUT2D eigenvalue weighted by Gasteiger charge is -2.20. The van der Waals surface area contributed by atoms with Gasteiger partial charge in [-0.3, -0.25) is 4.79 Å². The van der Waals surface area contributed by atoms with Gasteiger partial charge in [0.1, 0.15) is 0 Å². The highest BCUT2D eigenvalue weighted by Crippen LogP contribution is 2.17. The number of benzene rings is 1. The molecule has 0 spiro atoms. The van der Waals surface area contributed by atoms with Crippen LogP contribution in [0.4, 0.5) is 0 Å². The van der Waals surface area contributed by atoms with E-state index in [9.17, 15) is 4.79 Å². The second-order valence-electron chi connectivity index (χ2n) is 4.13. The maximum Gasteiger partial charge on any atom is 0.253 e. The molecule has 0 aliphatic rings. The monoisotopic (exact) mass is 319 g/mol. The van der Waals surface area contributed by atoms with Gasteiger partial charge >= 0.3 is 0 Å². The number of hydrogen-bond acceptors (Lipinski definition) is 3. The molecule has 0 aromatic heterocycles. The molecule has 0 radical (unpaired) electrons. The summed E-state index contributed by atoms with van der Waals surface area (Å²) in [4.78, 5) is 13.9. The van der Waals surface area contributed by atoms with Crippen LogP contribution in [0.15, 0.2) is 22.7 Å². The molecule has 5 heteroatoms. The van der Waals surface area contributed by atoms with Crippen molar-refractivity contribution in [2.45, 2.75) is 19.8 Å². The van der Waals surface area contributed by atoms with Gasteiger partial charge < -0.3 is 4.90 Å². The van der Waals surface area contributed by atoms with Crippen LogP contribution in [0.3, 0.4) is 0 Å². The summed E-state index contributed by atoms with van der Waals surface area (Å²) >= 11 is 3.36. The fourth-order valence-corrected chi connectivity index (χ4v) is 2.33. The summed E-state index contributed by atoms with van der Waals surface area (Å²) < 4.78 is 0.844. The van der Waals surface area contributed by atoms with Crippen molar-refractivity contribution >= 4 is 21.8 Å². The summed E-state index contributed by atoms with van der Waals surface area (Å²) in [7, 11) is 0. The Kier molecular flexibility index (Phi) is 6.05. The van der Waals surface area contributed by atoms with Crippen LogP contribution in [-0.4, -0.2) is 23.9 Å². The molecule has 4 nitrogen and oxygen atoms in total. The predicted molar refractivity (Wildman–Crippen MR) is 75.2 cm³/mol. The first-order valence-corrected chi connectivity index (χ1v) is 6.68. The lowest BCUT2D eigenvalue weighted by Crippen LogP contribution is -2.32. The largest absolute Gasteiger partial charge is 0.337 e. The average molecular weight is 320 g/mol. The van der Waals surface area contributed by atoms with Crippen LogP contribution in [0, 0.1) is 29.6 Å². The minimum Gasteiger partial charge on any atom is -0.337 e. The van der Waals surface area contributed by atoms with Gasteiger partial charge in [-0.1, -0.05) is 15.9 Å². The fraction of sp³-hybridized carbons (Fsp3) is 0.357. The topological polar surface area (TPSA) is 67.9 Å². The zero-order valence-corrected chi connectivity index (χ0v) is 12.3. The first-order valence-electron chi connectivity index (χ1n) is 5.89. The molecule has 0 heterocycles. The quantitative estimate of drug-likeness (QED) is 0.837. The number of aryl methyl sites for hydroxylation is 1. The van der Waals surface area contributed by atoms with Gasteiger partial charge in [-0.25, -0.2) is 0 Å². The number of carbonyl (C=O) groups is 1. The Labute approximate surface area is 121 Å². The van der Waals surface area contributed by atoms with E-state index in [4.69, 9.17) is 10.5 Å². The van der Waals surface area contributed by atoms with E-state index in [-0.39, 0.29) is 18.7 Å². The lowest BCUT2D eigenvalue weighted by atomic mass is 10.1. The standard InChI is InChI=1S/C14H14BrN3O/c1-11-8-12(10-13(15)9-11)14(19)18(6-2-4-16)7-3-5-17/h8-10H,2-3,6-7H2,1H3. The Balaban J connectivity index is 2.91. The highest BCUT2D eigenvalue weighted by Gasteiger charge is 2.15. The Bertz CT molecular complexity index is 504. The van der Waals surface area contributed by atoms with E-state index in [1.54, 1.807) is 17.0 Å². The highest BCUT2D eigenvalue weighted by molar-refractivity contribution is 9.10. The Hall–Kier alpha value is -1.85.